The van der Waals surface area contributed by atoms with Gasteiger partial charge >= 0.3 is 0 Å². The van der Waals surface area contributed by atoms with E-state index in [1.165, 1.54) is 13.2 Å². The topological polar surface area (TPSA) is 89.8 Å². The van der Waals surface area contributed by atoms with Crippen molar-refractivity contribution < 1.29 is 19.2 Å². The molecule has 0 unspecified atom stereocenters. The summed E-state index contributed by atoms with van der Waals surface area (Å²) in [4.78, 5) is 37.1. The highest BCUT2D eigenvalue weighted by atomic mass is 16.6. The van der Waals surface area contributed by atoms with Gasteiger partial charge in [0.1, 0.15) is 5.75 Å². The maximum Gasteiger partial charge on any atom is 0.274 e. The maximum atomic E-state index is 12.9. The minimum Gasteiger partial charge on any atom is -0.497 e. The molecule has 2 aromatic rings. The van der Waals surface area contributed by atoms with Crippen LogP contribution >= 0.6 is 0 Å². The van der Waals surface area contributed by atoms with E-state index in [9.17, 15) is 19.7 Å². The van der Waals surface area contributed by atoms with Gasteiger partial charge in [-0.3, -0.25) is 19.7 Å². The maximum absolute atomic E-state index is 12.9. The summed E-state index contributed by atoms with van der Waals surface area (Å²) >= 11 is 0. The minimum atomic E-state index is -0.520. The molecule has 0 bridgehead atoms. The van der Waals surface area contributed by atoms with E-state index in [1.807, 2.05) is 0 Å². The Balaban J connectivity index is 2.14. The summed E-state index contributed by atoms with van der Waals surface area (Å²) in [6, 6.07) is 7.85. The van der Waals surface area contributed by atoms with Gasteiger partial charge in [-0.1, -0.05) is 6.07 Å². The highest BCUT2D eigenvalue weighted by Gasteiger charge is 2.34. The minimum absolute atomic E-state index is 0.0478. The Morgan fingerprint density at radius 2 is 1.84 bits per heavy atom. The zero-order chi connectivity index (χ0) is 18.3. The zero-order valence-electron chi connectivity index (χ0n) is 14.0. The van der Waals surface area contributed by atoms with Gasteiger partial charge in [-0.25, -0.2) is 4.90 Å². The average molecular weight is 340 g/mol. The molecular formula is C18H16N2O5. The fourth-order valence-corrected chi connectivity index (χ4v) is 3.02. The van der Waals surface area contributed by atoms with Crippen LogP contribution in [0.1, 0.15) is 27.0 Å². The van der Waals surface area contributed by atoms with Crippen molar-refractivity contribution in [2.45, 2.75) is 20.3 Å². The van der Waals surface area contributed by atoms with Gasteiger partial charge in [-0.15, -0.1) is 0 Å². The molecule has 7 heteroatoms. The van der Waals surface area contributed by atoms with Crippen LogP contribution in [-0.4, -0.2) is 23.8 Å². The second kappa shape index (κ2) is 6.01. The Kier molecular flexibility index (Phi) is 4.00. The van der Waals surface area contributed by atoms with E-state index >= 15 is 0 Å². The molecule has 0 saturated carbocycles. The normalized spacial score (nSPS) is 13.6. The van der Waals surface area contributed by atoms with Gasteiger partial charge in [0.05, 0.1) is 24.1 Å². The van der Waals surface area contributed by atoms with Crippen molar-refractivity contribution in [3.63, 3.8) is 0 Å². The monoisotopic (exact) mass is 340 g/mol. The van der Waals surface area contributed by atoms with Crippen molar-refractivity contribution in [1.29, 1.82) is 0 Å². The molecule has 1 aliphatic rings. The SMILES string of the molecule is COc1ccc2c(c1)C(=O)N(c1cc([N+](=O)[O-])c(C)cc1C)C(=O)C2. The Morgan fingerprint density at radius 1 is 1.12 bits per heavy atom. The van der Waals surface area contributed by atoms with Crippen LogP contribution in [0, 0.1) is 24.0 Å². The van der Waals surface area contributed by atoms with Crippen LogP contribution in [0.2, 0.25) is 0 Å². The Morgan fingerprint density at radius 3 is 2.48 bits per heavy atom. The summed E-state index contributed by atoms with van der Waals surface area (Å²) in [5, 5.41) is 11.2. The summed E-state index contributed by atoms with van der Waals surface area (Å²) < 4.78 is 5.14. The van der Waals surface area contributed by atoms with Crippen LogP contribution in [-0.2, 0) is 11.2 Å². The number of amides is 2. The molecule has 2 amide bonds. The number of ether oxygens (including phenoxy) is 1. The largest absolute Gasteiger partial charge is 0.497 e. The van der Waals surface area contributed by atoms with Gasteiger partial charge < -0.3 is 4.74 Å². The molecular weight excluding hydrogens is 324 g/mol. The molecule has 0 fully saturated rings. The van der Waals surface area contributed by atoms with Crippen LogP contribution in [0.3, 0.4) is 0 Å². The van der Waals surface area contributed by atoms with E-state index in [1.54, 1.807) is 38.1 Å². The molecule has 0 spiro atoms. The fraction of sp³-hybridized carbons (Fsp3) is 0.222. The number of methoxy groups -OCH3 is 1. The van der Waals surface area contributed by atoms with E-state index in [4.69, 9.17) is 4.74 Å². The predicted molar refractivity (Wildman–Crippen MR) is 91.1 cm³/mol. The summed E-state index contributed by atoms with van der Waals surface area (Å²) in [7, 11) is 1.49. The Bertz CT molecular complexity index is 920. The van der Waals surface area contributed by atoms with Crippen LogP contribution in [0.15, 0.2) is 30.3 Å². The molecule has 0 aromatic heterocycles. The fourth-order valence-electron chi connectivity index (χ4n) is 3.02. The van der Waals surface area contributed by atoms with Gasteiger partial charge in [0.25, 0.3) is 11.6 Å². The molecule has 2 aromatic carbocycles. The number of anilines is 1. The van der Waals surface area contributed by atoms with E-state index < -0.39 is 16.7 Å². The summed E-state index contributed by atoms with van der Waals surface area (Å²) in [5.41, 5.74) is 2.19. The lowest BCUT2D eigenvalue weighted by Crippen LogP contribution is -2.42. The quantitative estimate of drug-likeness (QED) is 0.487. The first-order valence-corrected chi connectivity index (χ1v) is 7.63. The van der Waals surface area contributed by atoms with Crippen molar-refractivity contribution in [3.05, 3.63) is 62.7 Å². The van der Waals surface area contributed by atoms with E-state index in [0.717, 1.165) is 4.90 Å². The lowest BCUT2D eigenvalue weighted by molar-refractivity contribution is -0.385. The number of carbonyl (C=O) groups excluding carboxylic acids is 2. The smallest absolute Gasteiger partial charge is 0.274 e. The lowest BCUT2D eigenvalue weighted by Gasteiger charge is -2.28. The van der Waals surface area contributed by atoms with Crippen LogP contribution < -0.4 is 9.64 Å². The van der Waals surface area contributed by atoms with Gasteiger partial charge in [0.15, 0.2) is 0 Å². The Labute approximate surface area is 144 Å². The molecule has 1 aliphatic heterocycles. The summed E-state index contributed by atoms with van der Waals surface area (Å²) in [6.45, 7) is 3.34. The van der Waals surface area contributed by atoms with Gasteiger partial charge in [0, 0.05) is 17.2 Å². The number of carbonyl (C=O) groups is 2. The highest BCUT2D eigenvalue weighted by molar-refractivity contribution is 6.25. The molecule has 3 rings (SSSR count). The number of nitrogens with zero attached hydrogens (tertiary/aromatic N) is 2. The van der Waals surface area contributed by atoms with E-state index in [0.29, 0.717) is 28.0 Å². The first kappa shape index (κ1) is 16.6. The second-order valence-corrected chi connectivity index (χ2v) is 5.92. The third-order valence-corrected chi connectivity index (χ3v) is 4.29. The molecule has 1 heterocycles. The molecule has 128 valence electrons. The number of fused-ring (bicyclic) bond motifs is 1. The van der Waals surface area contributed by atoms with Crippen LogP contribution in [0.4, 0.5) is 11.4 Å². The van der Waals surface area contributed by atoms with Crippen LogP contribution in [0.25, 0.3) is 0 Å². The molecule has 0 aliphatic carbocycles. The standard InChI is InChI=1S/C18H16N2O5/c1-10-6-11(2)16(20(23)24)9-15(10)19-17(21)7-12-4-5-13(25-3)8-14(12)18(19)22/h4-6,8-9H,7H2,1-3H3. The number of nitro benzene ring substituents is 1. The molecule has 0 saturated heterocycles. The first-order valence-electron chi connectivity index (χ1n) is 7.63. The first-order chi connectivity index (χ1) is 11.8. The number of hydrogen-bond donors (Lipinski definition) is 0. The number of hydrogen-bond acceptors (Lipinski definition) is 5. The third-order valence-electron chi connectivity index (χ3n) is 4.29. The van der Waals surface area contributed by atoms with Crippen LogP contribution in [0.5, 0.6) is 5.75 Å². The average Bonchev–Trinajstić information content (AvgIpc) is 2.56. The van der Waals surface area contributed by atoms with Crippen molar-refractivity contribution in [2.24, 2.45) is 0 Å². The number of nitro groups is 1. The zero-order valence-corrected chi connectivity index (χ0v) is 14.0. The second-order valence-electron chi connectivity index (χ2n) is 5.92. The molecule has 0 N–H and O–H groups in total. The number of imide groups is 1. The third kappa shape index (κ3) is 2.73. The van der Waals surface area contributed by atoms with Gasteiger partial charge in [0.2, 0.25) is 5.91 Å². The van der Waals surface area contributed by atoms with Crippen molar-refractivity contribution in [2.75, 3.05) is 12.0 Å². The summed E-state index contributed by atoms with van der Waals surface area (Å²) in [5.74, 6) is -0.414. The molecule has 7 nitrogen and oxygen atoms in total. The van der Waals surface area contributed by atoms with Crippen molar-refractivity contribution in [1.82, 2.24) is 0 Å². The van der Waals surface area contributed by atoms with E-state index in [2.05, 4.69) is 0 Å². The van der Waals surface area contributed by atoms with Crippen molar-refractivity contribution >= 4 is 23.2 Å². The number of aryl methyl sites for hydroxylation is 2. The molecule has 25 heavy (non-hydrogen) atoms. The summed E-state index contributed by atoms with van der Waals surface area (Å²) in [6.07, 6.45) is 0.0478. The number of benzene rings is 2. The van der Waals surface area contributed by atoms with E-state index in [-0.39, 0.29) is 17.8 Å². The van der Waals surface area contributed by atoms with Crippen molar-refractivity contribution in [3.8, 4) is 5.75 Å². The Hall–Kier alpha value is -3.22. The number of rotatable bonds is 3. The van der Waals surface area contributed by atoms with Gasteiger partial charge in [-0.2, -0.15) is 0 Å². The molecule has 0 atom stereocenters. The highest BCUT2D eigenvalue weighted by Crippen LogP contribution is 2.33. The predicted octanol–water partition coefficient (Wildman–Crippen LogP) is 2.95. The van der Waals surface area contributed by atoms with Gasteiger partial charge in [-0.05, 0) is 43.2 Å². The lowest BCUT2D eigenvalue weighted by atomic mass is 9.96. The molecule has 0 radical (unpaired) electrons.